The van der Waals surface area contributed by atoms with Gasteiger partial charge in [-0.1, -0.05) is 39.0 Å². The van der Waals surface area contributed by atoms with Crippen molar-refractivity contribution >= 4 is 0 Å². The summed E-state index contributed by atoms with van der Waals surface area (Å²) in [5.41, 5.74) is 2.73. The van der Waals surface area contributed by atoms with Crippen molar-refractivity contribution in [3.63, 3.8) is 0 Å². The zero-order valence-electron chi connectivity index (χ0n) is 11.8. The number of para-hydroxylation sites is 1. The molecule has 1 heterocycles. The molecule has 1 aromatic carbocycles. The minimum Gasteiger partial charge on any atom is -0.493 e. The Morgan fingerprint density at radius 3 is 2.89 bits per heavy atom. The molecular formula is C16H25NO. The van der Waals surface area contributed by atoms with Crippen molar-refractivity contribution in [1.82, 2.24) is 5.32 Å². The van der Waals surface area contributed by atoms with Crippen LogP contribution >= 0.6 is 0 Å². The maximum atomic E-state index is 5.83. The van der Waals surface area contributed by atoms with Crippen LogP contribution in [-0.2, 0) is 6.42 Å². The Morgan fingerprint density at radius 1 is 1.33 bits per heavy atom. The lowest BCUT2D eigenvalue weighted by Gasteiger charge is -2.23. The van der Waals surface area contributed by atoms with E-state index in [4.69, 9.17) is 4.74 Å². The van der Waals surface area contributed by atoms with Crippen molar-refractivity contribution in [1.29, 1.82) is 0 Å². The fourth-order valence-corrected chi connectivity index (χ4v) is 2.63. The monoisotopic (exact) mass is 247 g/mol. The smallest absolute Gasteiger partial charge is 0.127 e. The molecule has 0 bridgehead atoms. The molecule has 2 heteroatoms. The zero-order chi connectivity index (χ0) is 13.0. The molecule has 18 heavy (non-hydrogen) atoms. The zero-order valence-corrected chi connectivity index (χ0v) is 11.8. The summed E-state index contributed by atoms with van der Waals surface area (Å²) in [7, 11) is 0. The van der Waals surface area contributed by atoms with Crippen LogP contribution < -0.4 is 10.1 Å². The second kappa shape index (κ2) is 6.24. The highest BCUT2D eigenvalue weighted by molar-refractivity contribution is 5.45. The van der Waals surface area contributed by atoms with Gasteiger partial charge >= 0.3 is 0 Å². The van der Waals surface area contributed by atoms with E-state index in [9.17, 15) is 0 Å². The average molecular weight is 247 g/mol. The summed E-state index contributed by atoms with van der Waals surface area (Å²) in [6.07, 6.45) is 3.40. The summed E-state index contributed by atoms with van der Waals surface area (Å²) < 4.78 is 5.83. The highest BCUT2D eigenvalue weighted by Gasteiger charge is 2.22. The molecule has 1 N–H and O–H groups in total. The van der Waals surface area contributed by atoms with Gasteiger partial charge in [-0.3, -0.25) is 0 Å². The first-order chi connectivity index (χ1) is 8.72. The van der Waals surface area contributed by atoms with E-state index >= 15 is 0 Å². The molecule has 1 aliphatic rings. The second-order valence-corrected chi connectivity index (χ2v) is 5.57. The normalized spacial score (nSPS) is 15.6. The van der Waals surface area contributed by atoms with Gasteiger partial charge in [0.1, 0.15) is 5.75 Å². The van der Waals surface area contributed by atoms with E-state index in [1.807, 2.05) is 0 Å². The molecule has 0 saturated heterocycles. The van der Waals surface area contributed by atoms with E-state index in [-0.39, 0.29) is 0 Å². The molecule has 0 aromatic heterocycles. The third-order valence-electron chi connectivity index (χ3n) is 3.47. The quantitative estimate of drug-likeness (QED) is 0.827. The summed E-state index contributed by atoms with van der Waals surface area (Å²) in [4.78, 5) is 0. The minimum atomic E-state index is 0.429. The summed E-state index contributed by atoms with van der Waals surface area (Å²) in [5, 5.41) is 3.67. The molecule has 0 radical (unpaired) electrons. The van der Waals surface area contributed by atoms with Crippen LogP contribution in [0.15, 0.2) is 18.2 Å². The topological polar surface area (TPSA) is 21.3 Å². The van der Waals surface area contributed by atoms with Gasteiger partial charge < -0.3 is 10.1 Å². The Kier molecular flexibility index (Phi) is 4.65. The van der Waals surface area contributed by atoms with Gasteiger partial charge in [-0.2, -0.15) is 0 Å². The van der Waals surface area contributed by atoms with Crippen molar-refractivity contribution in [2.45, 2.75) is 46.1 Å². The number of fused-ring (bicyclic) bond motifs is 1. The maximum Gasteiger partial charge on any atom is 0.127 e. The number of ether oxygens (including phenoxy) is 1. The van der Waals surface area contributed by atoms with Crippen LogP contribution in [0, 0.1) is 5.92 Å². The number of rotatable bonds is 6. The van der Waals surface area contributed by atoms with Gasteiger partial charge in [0.2, 0.25) is 0 Å². The van der Waals surface area contributed by atoms with Crippen LogP contribution in [-0.4, -0.2) is 13.2 Å². The van der Waals surface area contributed by atoms with Gasteiger partial charge in [0.05, 0.1) is 6.61 Å². The molecule has 0 fully saturated rings. The van der Waals surface area contributed by atoms with Crippen molar-refractivity contribution in [2.24, 2.45) is 5.92 Å². The van der Waals surface area contributed by atoms with Crippen LogP contribution in [0.4, 0.5) is 0 Å². The van der Waals surface area contributed by atoms with Crippen molar-refractivity contribution < 1.29 is 4.74 Å². The van der Waals surface area contributed by atoms with Crippen LogP contribution in [0.3, 0.4) is 0 Å². The SMILES string of the molecule is CCCNC(CC(C)C)c1cccc2c1OCC2. The van der Waals surface area contributed by atoms with E-state index in [1.165, 1.54) is 24.0 Å². The molecular weight excluding hydrogens is 222 g/mol. The lowest BCUT2D eigenvalue weighted by molar-refractivity contribution is 0.342. The number of benzene rings is 1. The molecule has 100 valence electrons. The van der Waals surface area contributed by atoms with Gasteiger partial charge in [0, 0.05) is 18.0 Å². The summed E-state index contributed by atoms with van der Waals surface area (Å²) in [5.74, 6) is 1.84. The minimum absolute atomic E-state index is 0.429. The lowest BCUT2D eigenvalue weighted by atomic mass is 9.94. The third-order valence-corrected chi connectivity index (χ3v) is 3.47. The maximum absolute atomic E-state index is 5.83. The Hall–Kier alpha value is -1.02. The molecule has 0 spiro atoms. The summed E-state index contributed by atoms with van der Waals surface area (Å²) in [6.45, 7) is 8.69. The Labute approximate surface area is 111 Å². The van der Waals surface area contributed by atoms with E-state index in [0.717, 1.165) is 25.3 Å². The standard InChI is InChI=1S/C16H25NO/c1-4-9-17-15(11-12(2)3)14-7-5-6-13-8-10-18-16(13)14/h5-7,12,15,17H,4,8-11H2,1-3H3. The van der Waals surface area contributed by atoms with Crippen LogP contribution in [0.25, 0.3) is 0 Å². The predicted molar refractivity (Wildman–Crippen MR) is 76.1 cm³/mol. The molecule has 1 atom stereocenters. The van der Waals surface area contributed by atoms with Gasteiger partial charge in [-0.05, 0) is 30.9 Å². The van der Waals surface area contributed by atoms with Gasteiger partial charge in [-0.25, -0.2) is 0 Å². The van der Waals surface area contributed by atoms with Gasteiger partial charge in [0.15, 0.2) is 0 Å². The van der Waals surface area contributed by atoms with Crippen molar-refractivity contribution in [3.8, 4) is 5.75 Å². The molecule has 2 nitrogen and oxygen atoms in total. The molecule has 0 aliphatic carbocycles. The van der Waals surface area contributed by atoms with Crippen molar-refractivity contribution in [3.05, 3.63) is 29.3 Å². The molecule has 0 saturated carbocycles. The fourth-order valence-electron chi connectivity index (χ4n) is 2.63. The number of hydrogen-bond donors (Lipinski definition) is 1. The van der Waals surface area contributed by atoms with E-state index < -0.39 is 0 Å². The van der Waals surface area contributed by atoms with Gasteiger partial charge in [0.25, 0.3) is 0 Å². The lowest BCUT2D eigenvalue weighted by Crippen LogP contribution is -2.24. The van der Waals surface area contributed by atoms with E-state index in [2.05, 4.69) is 44.3 Å². The first-order valence-electron chi connectivity index (χ1n) is 7.20. The third kappa shape index (κ3) is 3.05. The summed E-state index contributed by atoms with van der Waals surface area (Å²) in [6, 6.07) is 7.01. The second-order valence-electron chi connectivity index (χ2n) is 5.57. The van der Waals surface area contributed by atoms with Crippen molar-refractivity contribution in [2.75, 3.05) is 13.2 Å². The molecule has 2 rings (SSSR count). The fraction of sp³-hybridized carbons (Fsp3) is 0.625. The Balaban J connectivity index is 2.21. The Morgan fingerprint density at radius 2 is 2.17 bits per heavy atom. The van der Waals surface area contributed by atoms with E-state index in [1.54, 1.807) is 0 Å². The van der Waals surface area contributed by atoms with Crippen LogP contribution in [0.2, 0.25) is 0 Å². The number of nitrogens with one attached hydrogen (secondary N) is 1. The Bertz CT molecular complexity index is 387. The number of hydrogen-bond acceptors (Lipinski definition) is 2. The highest BCUT2D eigenvalue weighted by Crippen LogP contribution is 2.35. The van der Waals surface area contributed by atoms with E-state index in [0.29, 0.717) is 12.0 Å². The molecule has 1 aliphatic heterocycles. The molecule has 0 amide bonds. The predicted octanol–water partition coefficient (Wildman–Crippen LogP) is 3.71. The average Bonchev–Trinajstić information content (AvgIpc) is 2.82. The first-order valence-corrected chi connectivity index (χ1v) is 7.20. The summed E-state index contributed by atoms with van der Waals surface area (Å²) >= 11 is 0. The largest absolute Gasteiger partial charge is 0.493 e. The van der Waals surface area contributed by atoms with Crippen LogP contribution in [0.1, 0.15) is 50.8 Å². The molecule has 1 unspecified atom stereocenters. The highest BCUT2D eigenvalue weighted by atomic mass is 16.5. The molecule has 1 aromatic rings. The van der Waals surface area contributed by atoms with Gasteiger partial charge in [-0.15, -0.1) is 0 Å². The first kappa shape index (κ1) is 13.4. The van der Waals surface area contributed by atoms with Crippen LogP contribution in [0.5, 0.6) is 5.75 Å².